The van der Waals surface area contributed by atoms with Crippen LogP contribution in [-0.2, 0) is 4.79 Å². The lowest BCUT2D eigenvalue weighted by atomic mass is 10.1. The summed E-state index contributed by atoms with van der Waals surface area (Å²) in [5.74, 6) is -0.00980. The molecule has 1 aromatic heterocycles. The van der Waals surface area contributed by atoms with E-state index in [1.165, 1.54) is 22.1 Å². The summed E-state index contributed by atoms with van der Waals surface area (Å²) in [7, 11) is 0. The minimum absolute atomic E-state index is 0.00980. The van der Waals surface area contributed by atoms with Crippen molar-refractivity contribution in [1.82, 2.24) is 4.98 Å². The van der Waals surface area contributed by atoms with Gasteiger partial charge in [0.15, 0.2) is 5.13 Å². The van der Waals surface area contributed by atoms with Crippen LogP contribution in [-0.4, -0.2) is 10.9 Å². The summed E-state index contributed by atoms with van der Waals surface area (Å²) >= 11 is 1.45. The van der Waals surface area contributed by atoms with Gasteiger partial charge in [0.2, 0.25) is 5.91 Å². The van der Waals surface area contributed by atoms with E-state index in [4.69, 9.17) is 0 Å². The van der Waals surface area contributed by atoms with Crippen LogP contribution in [0.4, 0.5) is 5.13 Å². The predicted octanol–water partition coefficient (Wildman–Crippen LogP) is 4.31. The lowest BCUT2D eigenvalue weighted by Gasteiger charge is -2.01. The van der Waals surface area contributed by atoms with Crippen molar-refractivity contribution in [2.45, 2.75) is 13.3 Å². The molecule has 0 aliphatic heterocycles. The largest absolute Gasteiger partial charge is 0.302 e. The Morgan fingerprint density at radius 1 is 1.20 bits per heavy atom. The molecule has 1 heterocycles. The van der Waals surface area contributed by atoms with Crippen LogP contribution < -0.4 is 5.32 Å². The van der Waals surface area contributed by atoms with E-state index in [0.717, 1.165) is 11.3 Å². The van der Waals surface area contributed by atoms with Crippen molar-refractivity contribution in [2.75, 3.05) is 5.32 Å². The van der Waals surface area contributed by atoms with Crippen molar-refractivity contribution in [2.24, 2.45) is 0 Å². The van der Waals surface area contributed by atoms with Gasteiger partial charge in [0.05, 0.1) is 5.69 Å². The Hall–Kier alpha value is -2.20. The molecule has 0 radical (unpaired) electrons. The van der Waals surface area contributed by atoms with Crippen molar-refractivity contribution < 1.29 is 4.79 Å². The molecule has 3 nitrogen and oxygen atoms in total. The van der Waals surface area contributed by atoms with Gasteiger partial charge in [-0.3, -0.25) is 4.79 Å². The van der Waals surface area contributed by atoms with Crippen LogP contribution in [0.2, 0.25) is 0 Å². The second-order valence-electron chi connectivity index (χ2n) is 4.50. The number of thiazole rings is 1. The summed E-state index contributed by atoms with van der Waals surface area (Å²) < 4.78 is 0. The number of nitrogens with one attached hydrogen (secondary N) is 1. The highest BCUT2D eigenvalue weighted by Crippen LogP contribution is 2.27. The zero-order chi connectivity index (χ0) is 13.9. The lowest BCUT2D eigenvalue weighted by Crippen LogP contribution is -2.08. The van der Waals surface area contributed by atoms with Crippen LogP contribution in [0.25, 0.3) is 22.0 Å². The smallest absolute Gasteiger partial charge is 0.225 e. The molecule has 1 N–H and O–H groups in total. The summed E-state index contributed by atoms with van der Waals surface area (Å²) in [6.07, 6.45) is 0.463. The molecule has 0 saturated carbocycles. The Balaban J connectivity index is 1.92. The van der Waals surface area contributed by atoms with Crippen molar-refractivity contribution in [1.29, 1.82) is 0 Å². The average Bonchev–Trinajstić information content (AvgIpc) is 2.95. The molecular formula is C16H14N2OS. The molecule has 0 spiro atoms. The second-order valence-corrected chi connectivity index (χ2v) is 5.36. The van der Waals surface area contributed by atoms with Gasteiger partial charge >= 0.3 is 0 Å². The molecule has 100 valence electrons. The maximum atomic E-state index is 11.4. The average molecular weight is 282 g/mol. The number of carbonyl (C=O) groups excluding carboxylic acids is 1. The maximum absolute atomic E-state index is 11.4. The SMILES string of the molecule is CCC(=O)Nc1nc(-c2ccc3ccccc3c2)cs1. The molecule has 0 unspecified atom stereocenters. The molecule has 0 aliphatic rings. The third-order valence-electron chi connectivity index (χ3n) is 3.12. The molecule has 3 aromatic rings. The molecule has 0 atom stereocenters. The highest BCUT2D eigenvalue weighted by atomic mass is 32.1. The van der Waals surface area contributed by atoms with E-state index in [1.54, 1.807) is 0 Å². The molecule has 0 aliphatic carbocycles. The van der Waals surface area contributed by atoms with Gasteiger partial charge in [0, 0.05) is 17.4 Å². The number of amides is 1. The fraction of sp³-hybridized carbons (Fsp3) is 0.125. The van der Waals surface area contributed by atoms with E-state index >= 15 is 0 Å². The maximum Gasteiger partial charge on any atom is 0.225 e. The highest BCUT2D eigenvalue weighted by molar-refractivity contribution is 7.14. The van der Waals surface area contributed by atoms with Crippen LogP contribution in [0.5, 0.6) is 0 Å². The molecule has 20 heavy (non-hydrogen) atoms. The number of rotatable bonds is 3. The van der Waals surface area contributed by atoms with E-state index in [-0.39, 0.29) is 5.91 Å². The van der Waals surface area contributed by atoms with Crippen molar-refractivity contribution in [3.05, 3.63) is 47.8 Å². The third-order valence-corrected chi connectivity index (χ3v) is 3.87. The number of carbonyl (C=O) groups is 1. The van der Waals surface area contributed by atoms with Crippen LogP contribution in [0.3, 0.4) is 0 Å². The molecule has 4 heteroatoms. The number of nitrogens with zero attached hydrogens (tertiary/aromatic N) is 1. The summed E-state index contributed by atoms with van der Waals surface area (Å²) in [4.78, 5) is 15.8. The molecule has 0 saturated heterocycles. The predicted molar refractivity (Wildman–Crippen MR) is 84.0 cm³/mol. The lowest BCUT2D eigenvalue weighted by molar-refractivity contribution is -0.115. The number of aromatic nitrogens is 1. The Kier molecular flexibility index (Phi) is 3.48. The first-order valence-electron chi connectivity index (χ1n) is 6.51. The normalized spacial score (nSPS) is 10.7. The first-order valence-corrected chi connectivity index (χ1v) is 7.39. The highest BCUT2D eigenvalue weighted by Gasteiger charge is 2.07. The number of anilines is 1. The molecule has 0 bridgehead atoms. The van der Waals surface area contributed by atoms with Crippen molar-refractivity contribution in [3.8, 4) is 11.3 Å². The van der Waals surface area contributed by atoms with E-state index in [0.29, 0.717) is 11.6 Å². The zero-order valence-corrected chi connectivity index (χ0v) is 11.9. The standard InChI is InChI=1S/C16H14N2OS/c1-2-15(19)18-16-17-14(10-20-16)13-8-7-11-5-3-4-6-12(11)9-13/h3-10H,2H2,1H3,(H,17,18,19). The minimum atomic E-state index is -0.00980. The van der Waals surface area contributed by atoms with E-state index in [2.05, 4.69) is 40.6 Å². The summed E-state index contributed by atoms with van der Waals surface area (Å²) in [6.45, 7) is 1.83. The Morgan fingerprint density at radius 2 is 2.00 bits per heavy atom. The monoisotopic (exact) mass is 282 g/mol. The van der Waals surface area contributed by atoms with E-state index in [9.17, 15) is 4.79 Å². The third kappa shape index (κ3) is 2.56. The van der Waals surface area contributed by atoms with Crippen LogP contribution in [0.1, 0.15) is 13.3 Å². The Labute approximate surface area is 121 Å². The topological polar surface area (TPSA) is 42.0 Å². The Morgan fingerprint density at radius 3 is 2.80 bits per heavy atom. The van der Waals surface area contributed by atoms with Gasteiger partial charge in [-0.1, -0.05) is 43.3 Å². The first kappa shape index (κ1) is 12.8. The number of fused-ring (bicyclic) bond motifs is 1. The summed E-state index contributed by atoms with van der Waals surface area (Å²) in [5.41, 5.74) is 1.96. The van der Waals surface area contributed by atoms with Crippen LogP contribution in [0, 0.1) is 0 Å². The second kappa shape index (κ2) is 5.43. The van der Waals surface area contributed by atoms with Crippen molar-refractivity contribution >= 4 is 33.1 Å². The molecular weight excluding hydrogens is 268 g/mol. The van der Waals surface area contributed by atoms with E-state index < -0.39 is 0 Å². The molecule has 3 rings (SSSR count). The van der Waals surface area contributed by atoms with Gasteiger partial charge in [-0.25, -0.2) is 4.98 Å². The minimum Gasteiger partial charge on any atom is -0.302 e. The van der Waals surface area contributed by atoms with Crippen LogP contribution in [0.15, 0.2) is 47.8 Å². The van der Waals surface area contributed by atoms with E-state index in [1.807, 2.05) is 24.4 Å². The van der Waals surface area contributed by atoms with Gasteiger partial charge in [-0.05, 0) is 16.8 Å². The first-order chi connectivity index (χ1) is 9.76. The van der Waals surface area contributed by atoms with Gasteiger partial charge in [0.1, 0.15) is 0 Å². The fourth-order valence-electron chi connectivity index (χ4n) is 2.02. The Bertz CT molecular complexity index is 764. The fourth-order valence-corrected chi connectivity index (χ4v) is 2.76. The van der Waals surface area contributed by atoms with Crippen molar-refractivity contribution in [3.63, 3.8) is 0 Å². The van der Waals surface area contributed by atoms with Gasteiger partial charge < -0.3 is 5.32 Å². The summed E-state index contributed by atoms with van der Waals surface area (Å²) in [5, 5.41) is 7.81. The molecule has 2 aromatic carbocycles. The van der Waals surface area contributed by atoms with Gasteiger partial charge in [-0.2, -0.15) is 0 Å². The molecule has 0 fully saturated rings. The van der Waals surface area contributed by atoms with Gasteiger partial charge in [0.25, 0.3) is 0 Å². The zero-order valence-electron chi connectivity index (χ0n) is 11.1. The molecule has 1 amide bonds. The number of hydrogen-bond acceptors (Lipinski definition) is 3. The number of benzene rings is 2. The quantitative estimate of drug-likeness (QED) is 0.777. The van der Waals surface area contributed by atoms with Crippen LogP contribution >= 0.6 is 11.3 Å². The van der Waals surface area contributed by atoms with Gasteiger partial charge in [-0.15, -0.1) is 11.3 Å². The summed E-state index contributed by atoms with van der Waals surface area (Å²) in [6, 6.07) is 14.5. The number of hydrogen-bond donors (Lipinski definition) is 1.